The topological polar surface area (TPSA) is 237 Å². The third-order valence-electron chi connectivity index (χ3n) is 15.5. The average molecular weight is 1270 g/mol. The first-order valence-corrected chi connectivity index (χ1v) is 38.0. The molecule has 17 nitrogen and oxygen atoms in total. The van der Waals surface area contributed by atoms with Gasteiger partial charge in [0, 0.05) is 25.7 Å². The predicted molar refractivity (Wildman–Crippen MR) is 345 cm³/mol. The fourth-order valence-electron chi connectivity index (χ4n) is 10.1. The second-order valence-corrected chi connectivity index (χ2v) is 28.1. The van der Waals surface area contributed by atoms with Crippen LogP contribution in [0.5, 0.6) is 0 Å². The summed E-state index contributed by atoms with van der Waals surface area (Å²) in [5, 5.41) is 10.6. The number of hydrogen-bond donors (Lipinski definition) is 3. The van der Waals surface area contributed by atoms with E-state index in [9.17, 15) is 43.2 Å². The van der Waals surface area contributed by atoms with Gasteiger partial charge >= 0.3 is 39.5 Å². The zero-order valence-corrected chi connectivity index (χ0v) is 57.4. The first kappa shape index (κ1) is 84.1. The van der Waals surface area contributed by atoms with Crippen molar-refractivity contribution in [2.45, 2.75) is 355 Å². The molecule has 0 aromatic carbocycles. The highest BCUT2D eigenvalue weighted by atomic mass is 31.2. The summed E-state index contributed by atoms with van der Waals surface area (Å²) < 4.78 is 68.1. The summed E-state index contributed by atoms with van der Waals surface area (Å²) in [5.74, 6) is -0.730. The minimum absolute atomic E-state index is 0.103. The molecule has 0 heterocycles. The first-order chi connectivity index (χ1) is 41.4. The molecule has 0 aliphatic heterocycles. The van der Waals surface area contributed by atoms with Crippen LogP contribution in [0.4, 0.5) is 0 Å². The number of phosphoric ester groups is 2. The lowest BCUT2D eigenvalue weighted by molar-refractivity contribution is -0.161. The molecule has 0 aromatic heterocycles. The van der Waals surface area contributed by atoms with Gasteiger partial charge < -0.3 is 33.8 Å². The predicted octanol–water partition coefficient (Wildman–Crippen LogP) is 18.8. The van der Waals surface area contributed by atoms with E-state index in [0.29, 0.717) is 37.5 Å². The lowest BCUT2D eigenvalue weighted by Gasteiger charge is -2.21. The van der Waals surface area contributed by atoms with Crippen LogP contribution in [0.15, 0.2) is 0 Å². The minimum atomic E-state index is -4.95. The lowest BCUT2D eigenvalue weighted by atomic mass is 10.0. The van der Waals surface area contributed by atoms with Crippen LogP contribution in [0, 0.1) is 11.8 Å². The molecule has 0 fully saturated rings. The van der Waals surface area contributed by atoms with E-state index in [4.69, 9.17) is 37.0 Å². The van der Waals surface area contributed by atoms with Crippen molar-refractivity contribution in [3.63, 3.8) is 0 Å². The fourth-order valence-corrected chi connectivity index (χ4v) is 11.6. The van der Waals surface area contributed by atoms with E-state index in [2.05, 4.69) is 41.5 Å². The van der Waals surface area contributed by atoms with Gasteiger partial charge in [0.2, 0.25) is 0 Å². The number of hydrogen-bond acceptors (Lipinski definition) is 15. The lowest BCUT2D eigenvalue weighted by Crippen LogP contribution is -2.30. The van der Waals surface area contributed by atoms with E-state index in [1.165, 1.54) is 148 Å². The van der Waals surface area contributed by atoms with Gasteiger partial charge in [-0.2, -0.15) is 0 Å². The van der Waals surface area contributed by atoms with Gasteiger partial charge in [-0.1, -0.05) is 286 Å². The van der Waals surface area contributed by atoms with Gasteiger partial charge in [-0.15, -0.1) is 0 Å². The molecule has 2 unspecified atom stereocenters. The molecule has 0 spiro atoms. The Bertz CT molecular complexity index is 1680. The zero-order chi connectivity index (χ0) is 63.6. The molecule has 0 saturated carbocycles. The highest BCUT2D eigenvalue weighted by Gasteiger charge is 2.30. The van der Waals surface area contributed by atoms with Crippen molar-refractivity contribution >= 4 is 39.5 Å². The van der Waals surface area contributed by atoms with Crippen LogP contribution in [0.2, 0.25) is 0 Å². The van der Waals surface area contributed by atoms with Crippen molar-refractivity contribution in [1.29, 1.82) is 0 Å². The van der Waals surface area contributed by atoms with E-state index in [0.717, 1.165) is 96.3 Å². The number of rotatable bonds is 66. The summed E-state index contributed by atoms with van der Waals surface area (Å²) in [6, 6.07) is 0. The maximum absolute atomic E-state index is 13.0. The van der Waals surface area contributed by atoms with E-state index < -0.39 is 97.5 Å². The Hall–Kier alpha value is -1.94. The molecule has 5 atom stereocenters. The molecule has 0 bridgehead atoms. The molecule has 0 aliphatic carbocycles. The van der Waals surface area contributed by atoms with Crippen molar-refractivity contribution < 1.29 is 80.2 Å². The Kier molecular flexibility index (Phi) is 58.0. The van der Waals surface area contributed by atoms with E-state index in [1.54, 1.807) is 0 Å². The van der Waals surface area contributed by atoms with Crippen LogP contribution in [-0.4, -0.2) is 96.7 Å². The van der Waals surface area contributed by atoms with Gasteiger partial charge in [0.15, 0.2) is 12.2 Å². The molecule has 510 valence electrons. The molecule has 0 aromatic rings. The van der Waals surface area contributed by atoms with Crippen LogP contribution in [0.25, 0.3) is 0 Å². The number of unbranched alkanes of at least 4 members (excludes halogenated alkanes) is 36. The summed E-state index contributed by atoms with van der Waals surface area (Å²) in [6.07, 6.45) is 43.2. The van der Waals surface area contributed by atoms with E-state index in [-0.39, 0.29) is 25.7 Å². The smallest absolute Gasteiger partial charge is 0.462 e. The maximum Gasteiger partial charge on any atom is 0.472 e. The zero-order valence-electron chi connectivity index (χ0n) is 55.6. The molecular formula is C67H130O17P2. The quantitative estimate of drug-likeness (QED) is 0.0222. The van der Waals surface area contributed by atoms with Crippen LogP contribution >= 0.6 is 15.6 Å². The molecule has 0 amide bonds. The normalized spacial score (nSPS) is 14.2. The number of carbonyl (C=O) groups is 4. The molecule has 19 heteroatoms. The number of aliphatic hydroxyl groups is 1. The van der Waals surface area contributed by atoms with Crippen molar-refractivity contribution in [2.24, 2.45) is 11.8 Å². The number of phosphoric acid groups is 2. The molecule has 0 radical (unpaired) electrons. The molecule has 0 rings (SSSR count). The standard InChI is InChI=1S/C67H130O17P2/c1-7-9-11-13-15-17-19-20-21-22-24-26-32-39-45-51-66(71)83-62(55-77-64(69)49-43-37-31-25-23-18-16-14-12-10-8-2)57-81-85(73,74)79-53-61(68)54-80-86(75,76)82-58-63(84-67(72)52-46-40-34-28-30-36-42-48-60(5)6)56-78-65(70)50-44-38-33-27-29-35-41-47-59(3)4/h59-63,68H,7-58H2,1-6H3,(H,73,74)(H,75,76)/t61-,62-,63-/m1/s1. The highest BCUT2D eigenvalue weighted by molar-refractivity contribution is 7.47. The van der Waals surface area contributed by atoms with Gasteiger partial charge in [0.05, 0.1) is 26.4 Å². The van der Waals surface area contributed by atoms with Crippen LogP contribution in [0.1, 0.15) is 337 Å². The molecule has 0 aliphatic rings. The van der Waals surface area contributed by atoms with Gasteiger partial charge in [0.25, 0.3) is 0 Å². The summed E-state index contributed by atoms with van der Waals surface area (Å²) in [7, 11) is -9.89. The van der Waals surface area contributed by atoms with Gasteiger partial charge in [-0.05, 0) is 37.5 Å². The second-order valence-electron chi connectivity index (χ2n) is 25.2. The van der Waals surface area contributed by atoms with Crippen molar-refractivity contribution in [2.75, 3.05) is 39.6 Å². The summed E-state index contributed by atoms with van der Waals surface area (Å²) in [4.78, 5) is 72.3. The number of carbonyl (C=O) groups excluding carboxylic acids is 4. The third-order valence-corrected chi connectivity index (χ3v) is 17.4. The highest BCUT2D eigenvalue weighted by Crippen LogP contribution is 2.45. The molecular weight excluding hydrogens is 1140 g/mol. The van der Waals surface area contributed by atoms with Crippen LogP contribution < -0.4 is 0 Å². The van der Waals surface area contributed by atoms with Crippen LogP contribution in [0.3, 0.4) is 0 Å². The van der Waals surface area contributed by atoms with Gasteiger partial charge in [-0.3, -0.25) is 37.3 Å². The Morgan fingerprint density at radius 3 is 0.791 bits per heavy atom. The van der Waals surface area contributed by atoms with E-state index in [1.807, 2.05) is 0 Å². The SMILES string of the molecule is CCCCCCCCCCCCCCCCCC(=O)O[C@H](COC(=O)CCCCCCCCCCCCC)COP(=O)(O)OC[C@@H](O)COP(=O)(O)OC[C@@H](COC(=O)CCCCCCCCCC(C)C)OC(=O)CCCCCCCCCC(C)C. The maximum atomic E-state index is 13.0. The van der Waals surface area contributed by atoms with Crippen LogP contribution in [-0.2, 0) is 65.4 Å². The number of esters is 4. The molecule has 3 N–H and O–H groups in total. The van der Waals surface area contributed by atoms with E-state index >= 15 is 0 Å². The molecule has 0 saturated heterocycles. The largest absolute Gasteiger partial charge is 0.472 e. The summed E-state index contributed by atoms with van der Waals surface area (Å²) in [6.45, 7) is 9.40. The van der Waals surface area contributed by atoms with Crippen molar-refractivity contribution in [3.8, 4) is 0 Å². The number of ether oxygens (including phenoxy) is 4. The Morgan fingerprint density at radius 1 is 0.314 bits per heavy atom. The van der Waals surface area contributed by atoms with Gasteiger partial charge in [0.1, 0.15) is 19.3 Å². The minimum Gasteiger partial charge on any atom is -0.462 e. The number of aliphatic hydroxyl groups excluding tert-OH is 1. The monoisotopic (exact) mass is 1270 g/mol. The third kappa shape index (κ3) is 60.9. The van der Waals surface area contributed by atoms with Gasteiger partial charge in [-0.25, -0.2) is 9.13 Å². The average Bonchev–Trinajstić information content (AvgIpc) is 3.68. The fraction of sp³-hybridized carbons (Fsp3) is 0.940. The molecule has 86 heavy (non-hydrogen) atoms. The Balaban J connectivity index is 5.23. The first-order valence-electron chi connectivity index (χ1n) is 35.0. The van der Waals surface area contributed by atoms with Crippen molar-refractivity contribution in [1.82, 2.24) is 0 Å². The second kappa shape index (κ2) is 59.4. The summed E-state index contributed by atoms with van der Waals surface area (Å²) >= 11 is 0. The Labute approximate surface area is 524 Å². The van der Waals surface area contributed by atoms with Crippen molar-refractivity contribution in [3.05, 3.63) is 0 Å². The Morgan fingerprint density at radius 2 is 0.535 bits per heavy atom. The summed E-state index contributed by atoms with van der Waals surface area (Å²) in [5.41, 5.74) is 0.